The molecule has 1 heterocycles. The predicted molar refractivity (Wildman–Crippen MR) is 65.3 cm³/mol. The molecule has 1 aliphatic carbocycles. The summed E-state index contributed by atoms with van der Waals surface area (Å²) in [7, 11) is 0. The highest BCUT2D eigenvalue weighted by molar-refractivity contribution is 4.85. The molecule has 16 heavy (non-hydrogen) atoms. The molecule has 1 saturated heterocycles. The molecule has 2 nitrogen and oxygen atoms in total. The Labute approximate surface area is 99.4 Å². The summed E-state index contributed by atoms with van der Waals surface area (Å²) in [5.41, 5.74) is 0.506. The molecule has 2 rings (SSSR count). The van der Waals surface area contributed by atoms with Crippen LogP contribution in [0.15, 0.2) is 0 Å². The smallest absolute Gasteiger partial charge is 0.0598 e. The maximum atomic E-state index is 10.4. The first-order valence-corrected chi connectivity index (χ1v) is 6.84. The lowest BCUT2D eigenvalue weighted by Crippen LogP contribution is -2.36. The SMILES string of the molecule is CC1(C)CCC(C(O)C2CCOCC2)CC1. The van der Waals surface area contributed by atoms with Crippen LogP contribution in [0.3, 0.4) is 0 Å². The van der Waals surface area contributed by atoms with Gasteiger partial charge < -0.3 is 9.84 Å². The summed E-state index contributed by atoms with van der Waals surface area (Å²) >= 11 is 0. The molecule has 2 heteroatoms. The van der Waals surface area contributed by atoms with E-state index in [2.05, 4.69) is 13.8 Å². The van der Waals surface area contributed by atoms with Gasteiger partial charge in [0.25, 0.3) is 0 Å². The van der Waals surface area contributed by atoms with Crippen molar-refractivity contribution < 1.29 is 9.84 Å². The van der Waals surface area contributed by atoms with Crippen LogP contribution < -0.4 is 0 Å². The summed E-state index contributed by atoms with van der Waals surface area (Å²) < 4.78 is 5.36. The van der Waals surface area contributed by atoms with Gasteiger partial charge in [-0.05, 0) is 55.8 Å². The molecule has 0 bridgehead atoms. The zero-order valence-electron chi connectivity index (χ0n) is 10.7. The monoisotopic (exact) mass is 226 g/mol. The molecule has 0 radical (unpaired) electrons. The quantitative estimate of drug-likeness (QED) is 0.784. The van der Waals surface area contributed by atoms with Gasteiger partial charge in [0.2, 0.25) is 0 Å². The fraction of sp³-hybridized carbons (Fsp3) is 1.00. The Kier molecular flexibility index (Phi) is 3.91. The summed E-state index contributed by atoms with van der Waals surface area (Å²) in [6, 6.07) is 0. The molecule has 0 aromatic carbocycles. The molecule has 0 amide bonds. The first kappa shape index (κ1) is 12.4. The van der Waals surface area contributed by atoms with Crippen molar-refractivity contribution in [1.29, 1.82) is 0 Å². The second-order valence-corrected chi connectivity index (χ2v) is 6.44. The van der Waals surface area contributed by atoms with Gasteiger partial charge in [-0.3, -0.25) is 0 Å². The number of rotatable bonds is 2. The zero-order chi connectivity index (χ0) is 11.6. The summed E-state index contributed by atoms with van der Waals surface area (Å²) in [4.78, 5) is 0. The van der Waals surface area contributed by atoms with Crippen molar-refractivity contribution in [3.8, 4) is 0 Å². The minimum atomic E-state index is -0.0694. The van der Waals surface area contributed by atoms with Crippen LogP contribution in [0.1, 0.15) is 52.4 Å². The lowest BCUT2D eigenvalue weighted by molar-refractivity contribution is -0.0327. The molecule has 2 aliphatic rings. The summed E-state index contributed by atoms with van der Waals surface area (Å²) in [5.74, 6) is 1.05. The Morgan fingerprint density at radius 3 is 2.06 bits per heavy atom. The van der Waals surface area contributed by atoms with Crippen LogP contribution in [-0.2, 0) is 4.74 Å². The molecular weight excluding hydrogens is 200 g/mol. The third-order valence-corrected chi connectivity index (χ3v) is 4.62. The van der Waals surface area contributed by atoms with E-state index in [-0.39, 0.29) is 6.10 Å². The first-order valence-electron chi connectivity index (χ1n) is 6.84. The van der Waals surface area contributed by atoms with Crippen molar-refractivity contribution >= 4 is 0 Å². The van der Waals surface area contributed by atoms with Gasteiger partial charge in [0.1, 0.15) is 0 Å². The number of aliphatic hydroxyl groups excluding tert-OH is 1. The van der Waals surface area contributed by atoms with Gasteiger partial charge in [0, 0.05) is 13.2 Å². The fourth-order valence-corrected chi connectivity index (χ4v) is 3.21. The average Bonchev–Trinajstić information content (AvgIpc) is 2.29. The molecule has 0 spiro atoms. The maximum Gasteiger partial charge on any atom is 0.0598 e. The van der Waals surface area contributed by atoms with E-state index in [4.69, 9.17) is 4.74 Å². The van der Waals surface area contributed by atoms with E-state index < -0.39 is 0 Å². The molecule has 1 saturated carbocycles. The highest BCUT2D eigenvalue weighted by Crippen LogP contribution is 2.41. The molecule has 1 aliphatic heterocycles. The Bertz CT molecular complexity index is 209. The lowest BCUT2D eigenvalue weighted by atomic mass is 9.69. The van der Waals surface area contributed by atoms with E-state index in [1.807, 2.05) is 0 Å². The van der Waals surface area contributed by atoms with Gasteiger partial charge in [0.05, 0.1) is 6.10 Å². The highest BCUT2D eigenvalue weighted by Gasteiger charge is 2.34. The van der Waals surface area contributed by atoms with Gasteiger partial charge in [-0.15, -0.1) is 0 Å². The molecule has 94 valence electrons. The minimum Gasteiger partial charge on any atom is -0.393 e. The molecule has 1 N–H and O–H groups in total. The minimum absolute atomic E-state index is 0.0694. The Morgan fingerprint density at radius 2 is 1.50 bits per heavy atom. The highest BCUT2D eigenvalue weighted by atomic mass is 16.5. The van der Waals surface area contributed by atoms with Crippen molar-refractivity contribution in [2.24, 2.45) is 17.3 Å². The van der Waals surface area contributed by atoms with Crippen LogP contribution in [0, 0.1) is 17.3 Å². The number of hydrogen-bond donors (Lipinski definition) is 1. The van der Waals surface area contributed by atoms with Crippen LogP contribution in [0.5, 0.6) is 0 Å². The van der Waals surface area contributed by atoms with Crippen LogP contribution in [0.25, 0.3) is 0 Å². The number of hydrogen-bond acceptors (Lipinski definition) is 2. The average molecular weight is 226 g/mol. The number of aliphatic hydroxyl groups is 1. The van der Waals surface area contributed by atoms with Crippen molar-refractivity contribution in [1.82, 2.24) is 0 Å². The van der Waals surface area contributed by atoms with Crippen LogP contribution in [-0.4, -0.2) is 24.4 Å². The van der Waals surface area contributed by atoms with Crippen molar-refractivity contribution in [2.75, 3.05) is 13.2 Å². The maximum absolute atomic E-state index is 10.4. The lowest BCUT2D eigenvalue weighted by Gasteiger charge is -2.39. The predicted octanol–water partition coefficient (Wildman–Crippen LogP) is 2.99. The number of ether oxygens (including phenoxy) is 1. The van der Waals surface area contributed by atoms with Crippen molar-refractivity contribution in [3.05, 3.63) is 0 Å². The molecule has 1 unspecified atom stereocenters. The van der Waals surface area contributed by atoms with Crippen molar-refractivity contribution in [3.63, 3.8) is 0 Å². The largest absolute Gasteiger partial charge is 0.393 e. The van der Waals surface area contributed by atoms with Gasteiger partial charge in [-0.25, -0.2) is 0 Å². The Morgan fingerprint density at radius 1 is 1.00 bits per heavy atom. The van der Waals surface area contributed by atoms with Gasteiger partial charge in [-0.1, -0.05) is 13.8 Å². The van der Waals surface area contributed by atoms with Gasteiger partial charge in [0.15, 0.2) is 0 Å². The second-order valence-electron chi connectivity index (χ2n) is 6.44. The van der Waals surface area contributed by atoms with E-state index in [0.717, 1.165) is 26.1 Å². The third-order valence-electron chi connectivity index (χ3n) is 4.62. The summed E-state index contributed by atoms with van der Waals surface area (Å²) in [5, 5.41) is 10.4. The Hall–Kier alpha value is -0.0800. The zero-order valence-corrected chi connectivity index (χ0v) is 10.7. The second kappa shape index (κ2) is 5.05. The van der Waals surface area contributed by atoms with E-state index in [1.54, 1.807) is 0 Å². The molecule has 1 atom stereocenters. The molecular formula is C14H26O2. The summed E-state index contributed by atoms with van der Waals surface area (Å²) in [6.07, 6.45) is 7.02. The van der Waals surface area contributed by atoms with Gasteiger partial charge in [-0.2, -0.15) is 0 Å². The topological polar surface area (TPSA) is 29.5 Å². The normalized spacial score (nSPS) is 30.2. The van der Waals surface area contributed by atoms with Crippen LogP contribution in [0.4, 0.5) is 0 Å². The first-order chi connectivity index (χ1) is 7.58. The third kappa shape index (κ3) is 2.98. The van der Waals surface area contributed by atoms with E-state index in [9.17, 15) is 5.11 Å². The van der Waals surface area contributed by atoms with E-state index in [1.165, 1.54) is 25.7 Å². The van der Waals surface area contributed by atoms with Crippen LogP contribution >= 0.6 is 0 Å². The Balaban J connectivity index is 1.83. The van der Waals surface area contributed by atoms with E-state index >= 15 is 0 Å². The summed E-state index contributed by atoms with van der Waals surface area (Å²) in [6.45, 7) is 6.40. The van der Waals surface area contributed by atoms with Crippen molar-refractivity contribution in [2.45, 2.75) is 58.5 Å². The van der Waals surface area contributed by atoms with E-state index in [0.29, 0.717) is 17.3 Å². The molecule has 0 aromatic heterocycles. The fourth-order valence-electron chi connectivity index (χ4n) is 3.21. The van der Waals surface area contributed by atoms with Crippen LogP contribution in [0.2, 0.25) is 0 Å². The molecule has 0 aromatic rings. The molecule has 2 fully saturated rings. The van der Waals surface area contributed by atoms with Gasteiger partial charge >= 0.3 is 0 Å². The standard InChI is InChI=1S/C14H26O2/c1-14(2)7-3-11(4-8-14)13(15)12-5-9-16-10-6-12/h11-13,15H,3-10H2,1-2H3.